The van der Waals surface area contributed by atoms with Crippen molar-refractivity contribution in [3.8, 4) is 0 Å². The third-order valence-electron chi connectivity index (χ3n) is 3.09. The maximum absolute atomic E-state index is 13.5. The Bertz CT molecular complexity index is 469. The third-order valence-corrected chi connectivity index (χ3v) is 3.09. The van der Waals surface area contributed by atoms with Gasteiger partial charge in [0.05, 0.1) is 6.54 Å². The predicted molar refractivity (Wildman–Crippen MR) is 97.8 cm³/mol. The highest BCUT2D eigenvalue weighted by molar-refractivity contribution is 14.0. The number of rotatable bonds is 7. The van der Waals surface area contributed by atoms with Crippen molar-refractivity contribution in [2.45, 2.75) is 20.4 Å². The Balaban J connectivity index is 0.00000441. The van der Waals surface area contributed by atoms with Crippen LogP contribution < -0.4 is 10.6 Å². The summed E-state index contributed by atoms with van der Waals surface area (Å²) >= 11 is 0. The molecule has 0 saturated heterocycles. The number of benzene rings is 1. The summed E-state index contributed by atoms with van der Waals surface area (Å²) in [5, 5.41) is 6.25. The Labute approximate surface area is 148 Å². The maximum Gasteiger partial charge on any atom is 0.191 e. The molecule has 22 heavy (non-hydrogen) atoms. The van der Waals surface area contributed by atoms with E-state index in [4.69, 9.17) is 0 Å². The van der Waals surface area contributed by atoms with Crippen molar-refractivity contribution in [3.63, 3.8) is 0 Å². The smallest absolute Gasteiger partial charge is 0.191 e. The number of likely N-dealkylation sites (N-methyl/N-ethyl adjacent to an activating group) is 1. The number of hydrogen-bond acceptors (Lipinski definition) is 2. The van der Waals surface area contributed by atoms with Gasteiger partial charge in [-0.15, -0.1) is 24.0 Å². The Morgan fingerprint density at radius 2 is 1.95 bits per heavy atom. The average molecular weight is 426 g/mol. The van der Waals surface area contributed by atoms with Gasteiger partial charge in [-0.3, -0.25) is 0 Å². The number of hydrogen-bond donors (Lipinski definition) is 2. The van der Waals surface area contributed by atoms with Gasteiger partial charge in [0.2, 0.25) is 0 Å². The first-order valence-electron chi connectivity index (χ1n) is 7.21. The highest BCUT2D eigenvalue weighted by Gasteiger charge is 2.04. The zero-order valence-corrected chi connectivity index (χ0v) is 15.7. The van der Waals surface area contributed by atoms with E-state index in [-0.39, 0.29) is 36.1 Å². The first-order valence-corrected chi connectivity index (χ1v) is 7.21. The summed E-state index contributed by atoms with van der Waals surface area (Å²) < 4.78 is 26.6. The lowest BCUT2D eigenvalue weighted by atomic mass is 10.2. The molecule has 0 radical (unpaired) electrons. The second-order valence-electron chi connectivity index (χ2n) is 4.75. The largest absolute Gasteiger partial charge is 0.357 e. The molecule has 0 aliphatic carbocycles. The molecule has 0 saturated carbocycles. The van der Waals surface area contributed by atoms with Gasteiger partial charge in [0.1, 0.15) is 11.6 Å². The van der Waals surface area contributed by atoms with Gasteiger partial charge >= 0.3 is 0 Å². The Kier molecular flexibility index (Phi) is 11.1. The van der Waals surface area contributed by atoms with Gasteiger partial charge in [0.25, 0.3) is 0 Å². The van der Waals surface area contributed by atoms with Gasteiger partial charge in [0, 0.05) is 25.2 Å². The van der Waals surface area contributed by atoms with Crippen molar-refractivity contribution >= 4 is 29.9 Å². The topological polar surface area (TPSA) is 39.7 Å². The van der Waals surface area contributed by atoms with Crippen LogP contribution in [0.1, 0.15) is 19.4 Å². The first kappa shape index (κ1) is 21.0. The van der Waals surface area contributed by atoms with Crippen LogP contribution in [0.5, 0.6) is 0 Å². The molecule has 0 unspecified atom stereocenters. The maximum atomic E-state index is 13.5. The lowest BCUT2D eigenvalue weighted by molar-refractivity contribution is 0.357. The molecule has 0 aliphatic rings. The molecule has 1 aromatic carbocycles. The monoisotopic (exact) mass is 426 g/mol. The summed E-state index contributed by atoms with van der Waals surface area (Å²) in [5.41, 5.74) is 0.248. The number of guanidine groups is 1. The fourth-order valence-electron chi connectivity index (χ4n) is 1.69. The molecule has 0 bridgehead atoms. The fraction of sp³-hybridized carbons (Fsp3) is 0.533. The van der Waals surface area contributed by atoms with E-state index in [1.165, 1.54) is 6.07 Å². The molecule has 0 heterocycles. The van der Waals surface area contributed by atoms with E-state index in [0.717, 1.165) is 31.8 Å². The van der Waals surface area contributed by atoms with Crippen LogP contribution in [0.25, 0.3) is 0 Å². The Hall–Kier alpha value is -0.960. The molecule has 0 fully saturated rings. The standard InChI is InChI=1S/C15H24F2N4.HI/c1-4-18-15(19-8-9-21(3)5-2)20-11-12-10-13(16)6-7-14(12)17;/h6-7,10H,4-5,8-9,11H2,1-3H3,(H2,18,19,20);1H. The highest BCUT2D eigenvalue weighted by Crippen LogP contribution is 2.10. The molecule has 4 nitrogen and oxygen atoms in total. The van der Waals surface area contributed by atoms with Crippen LogP contribution >= 0.6 is 24.0 Å². The van der Waals surface area contributed by atoms with E-state index in [2.05, 4.69) is 27.4 Å². The number of nitrogens with zero attached hydrogens (tertiary/aromatic N) is 2. The van der Waals surface area contributed by atoms with Crippen molar-refractivity contribution in [1.29, 1.82) is 0 Å². The summed E-state index contributed by atoms with van der Waals surface area (Å²) in [5.74, 6) is -0.295. The van der Waals surface area contributed by atoms with Crippen LogP contribution in [0.3, 0.4) is 0 Å². The molecule has 126 valence electrons. The van der Waals surface area contributed by atoms with Crippen LogP contribution in [0, 0.1) is 11.6 Å². The van der Waals surface area contributed by atoms with E-state index in [0.29, 0.717) is 12.5 Å². The minimum absolute atomic E-state index is 0. The molecular weight excluding hydrogens is 401 g/mol. The second kappa shape index (κ2) is 11.6. The minimum Gasteiger partial charge on any atom is -0.357 e. The van der Waals surface area contributed by atoms with E-state index in [9.17, 15) is 8.78 Å². The number of nitrogens with one attached hydrogen (secondary N) is 2. The fourth-order valence-corrected chi connectivity index (χ4v) is 1.69. The van der Waals surface area contributed by atoms with E-state index >= 15 is 0 Å². The SMILES string of the molecule is CCNC(=NCc1cc(F)ccc1F)NCCN(C)CC.I. The number of aliphatic imine (C=N–C) groups is 1. The summed E-state index contributed by atoms with van der Waals surface area (Å²) in [6.07, 6.45) is 0. The van der Waals surface area contributed by atoms with Gasteiger partial charge in [-0.2, -0.15) is 0 Å². The zero-order valence-electron chi connectivity index (χ0n) is 13.3. The minimum atomic E-state index is -0.455. The van der Waals surface area contributed by atoms with Crippen LogP contribution in [-0.4, -0.2) is 44.1 Å². The normalized spacial score (nSPS) is 11.3. The molecule has 0 atom stereocenters. The van der Waals surface area contributed by atoms with Gasteiger partial charge in [-0.25, -0.2) is 13.8 Å². The van der Waals surface area contributed by atoms with Gasteiger partial charge in [0.15, 0.2) is 5.96 Å². The quantitative estimate of drug-likeness (QED) is 0.400. The van der Waals surface area contributed by atoms with Gasteiger partial charge in [-0.1, -0.05) is 6.92 Å². The Morgan fingerprint density at radius 3 is 2.59 bits per heavy atom. The lowest BCUT2D eigenvalue weighted by Crippen LogP contribution is -2.40. The van der Waals surface area contributed by atoms with Crippen molar-refractivity contribution in [3.05, 3.63) is 35.4 Å². The second-order valence-corrected chi connectivity index (χ2v) is 4.75. The lowest BCUT2D eigenvalue weighted by Gasteiger charge is -2.16. The molecule has 1 rings (SSSR count). The van der Waals surface area contributed by atoms with Crippen molar-refractivity contribution in [2.24, 2.45) is 4.99 Å². The van der Waals surface area contributed by atoms with Crippen LogP contribution in [0.4, 0.5) is 8.78 Å². The number of halogens is 3. The first-order chi connectivity index (χ1) is 10.1. The zero-order chi connectivity index (χ0) is 15.7. The molecule has 0 aromatic heterocycles. The molecule has 1 aromatic rings. The summed E-state index contributed by atoms with van der Waals surface area (Å²) in [4.78, 5) is 6.45. The summed E-state index contributed by atoms with van der Waals surface area (Å²) in [6, 6.07) is 3.40. The van der Waals surface area contributed by atoms with Crippen LogP contribution in [-0.2, 0) is 6.54 Å². The Morgan fingerprint density at radius 1 is 1.23 bits per heavy atom. The van der Waals surface area contributed by atoms with Crippen molar-refractivity contribution < 1.29 is 8.78 Å². The molecule has 0 aliphatic heterocycles. The highest BCUT2D eigenvalue weighted by atomic mass is 127. The molecule has 2 N–H and O–H groups in total. The van der Waals surface area contributed by atoms with Crippen molar-refractivity contribution in [2.75, 3.05) is 33.2 Å². The average Bonchev–Trinajstić information content (AvgIpc) is 2.47. The van der Waals surface area contributed by atoms with Crippen molar-refractivity contribution in [1.82, 2.24) is 15.5 Å². The van der Waals surface area contributed by atoms with Gasteiger partial charge in [-0.05, 0) is 38.7 Å². The molecule has 0 spiro atoms. The predicted octanol–water partition coefficient (Wildman–Crippen LogP) is 2.59. The third kappa shape index (κ3) is 7.88. The van der Waals surface area contributed by atoms with Crippen LogP contribution in [0.2, 0.25) is 0 Å². The molecule has 7 heteroatoms. The van der Waals surface area contributed by atoms with E-state index in [1.807, 2.05) is 14.0 Å². The van der Waals surface area contributed by atoms with Crippen LogP contribution in [0.15, 0.2) is 23.2 Å². The van der Waals surface area contributed by atoms with Gasteiger partial charge < -0.3 is 15.5 Å². The van der Waals surface area contributed by atoms with E-state index < -0.39 is 11.6 Å². The van der Waals surface area contributed by atoms with E-state index in [1.54, 1.807) is 0 Å². The summed E-state index contributed by atoms with van der Waals surface area (Å²) in [6.45, 7) is 7.45. The molecular formula is C15H25F2IN4. The molecule has 0 amide bonds. The summed E-state index contributed by atoms with van der Waals surface area (Å²) in [7, 11) is 2.04.